The van der Waals surface area contributed by atoms with E-state index in [1.807, 2.05) is 73.9 Å². The van der Waals surface area contributed by atoms with E-state index in [1.54, 1.807) is 13.0 Å². The Labute approximate surface area is 181 Å². The number of hydrogen-bond acceptors (Lipinski definition) is 4. The lowest BCUT2D eigenvalue weighted by molar-refractivity contribution is -0.143. The van der Waals surface area contributed by atoms with Crippen molar-refractivity contribution in [2.45, 2.75) is 34.2 Å². The van der Waals surface area contributed by atoms with Crippen molar-refractivity contribution in [3.05, 3.63) is 70.4 Å². The summed E-state index contributed by atoms with van der Waals surface area (Å²) in [5.41, 5.74) is 5.03. The van der Waals surface area contributed by atoms with Gasteiger partial charge in [-0.05, 0) is 63.1 Å². The van der Waals surface area contributed by atoms with E-state index in [0.717, 1.165) is 33.3 Å². The zero-order valence-corrected chi connectivity index (χ0v) is 18.2. The van der Waals surface area contributed by atoms with Gasteiger partial charge in [0, 0.05) is 27.8 Å². The van der Waals surface area contributed by atoms with Crippen LogP contribution >= 0.6 is 0 Å². The highest BCUT2D eigenvalue weighted by atomic mass is 16.5. The van der Waals surface area contributed by atoms with Crippen LogP contribution in [0.3, 0.4) is 0 Å². The second kappa shape index (κ2) is 9.31. The van der Waals surface area contributed by atoms with Crippen LogP contribution < -0.4 is 5.32 Å². The number of rotatable bonds is 6. The number of anilines is 1. The van der Waals surface area contributed by atoms with E-state index in [1.165, 1.54) is 0 Å². The van der Waals surface area contributed by atoms with E-state index >= 15 is 0 Å². The van der Waals surface area contributed by atoms with Gasteiger partial charge in [-0.15, -0.1) is 0 Å². The number of amides is 1. The topological polar surface area (TPSA) is 84.1 Å². The molecule has 6 heteroatoms. The van der Waals surface area contributed by atoms with Crippen molar-refractivity contribution in [3.63, 3.8) is 0 Å². The number of fused-ring (bicyclic) bond motifs is 1. The van der Waals surface area contributed by atoms with Crippen LogP contribution in [0.25, 0.3) is 17.0 Å². The van der Waals surface area contributed by atoms with Crippen molar-refractivity contribution >= 4 is 34.5 Å². The third-order valence-corrected chi connectivity index (χ3v) is 5.01. The molecule has 1 amide bonds. The maximum atomic E-state index is 12.8. The summed E-state index contributed by atoms with van der Waals surface area (Å²) in [4.78, 5) is 24.9. The largest absolute Gasteiger partial charge is 0.465 e. The molecule has 1 aromatic heterocycles. The standard InChI is InChI=1S/C25H25N3O3/c1-5-31-24(29)15-28-18(4)22(21-8-6-7-9-23(21)28)13-19(14-26)25(30)27-20-11-16(2)10-17(3)12-20/h6-13H,5,15H2,1-4H3,(H,27,30)/b19-13+. The van der Waals surface area contributed by atoms with Crippen LogP contribution in [0.4, 0.5) is 5.69 Å². The van der Waals surface area contributed by atoms with E-state index in [4.69, 9.17) is 4.74 Å². The van der Waals surface area contributed by atoms with Gasteiger partial charge in [-0.3, -0.25) is 9.59 Å². The molecule has 3 aromatic rings. The van der Waals surface area contributed by atoms with Gasteiger partial charge < -0.3 is 14.6 Å². The highest BCUT2D eigenvalue weighted by molar-refractivity contribution is 6.11. The molecule has 31 heavy (non-hydrogen) atoms. The summed E-state index contributed by atoms with van der Waals surface area (Å²) in [6.07, 6.45) is 1.58. The molecule has 0 saturated heterocycles. The zero-order chi connectivity index (χ0) is 22.5. The Balaban J connectivity index is 2.01. The van der Waals surface area contributed by atoms with Crippen LogP contribution in [0.5, 0.6) is 0 Å². The Hall–Kier alpha value is -3.85. The Bertz CT molecular complexity index is 1210. The van der Waals surface area contributed by atoms with Gasteiger partial charge in [-0.25, -0.2) is 0 Å². The second-order valence-electron chi connectivity index (χ2n) is 7.41. The number of carbonyl (C=O) groups is 2. The number of para-hydroxylation sites is 1. The summed E-state index contributed by atoms with van der Waals surface area (Å²) in [6, 6.07) is 15.3. The SMILES string of the molecule is CCOC(=O)Cn1c(C)c(/C=C(\C#N)C(=O)Nc2cc(C)cc(C)c2)c2ccccc21. The fraction of sp³-hybridized carbons (Fsp3) is 0.240. The molecule has 1 N–H and O–H groups in total. The number of nitrogens with zero attached hydrogens (tertiary/aromatic N) is 2. The van der Waals surface area contributed by atoms with Crippen LogP contribution in [-0.4, -0.2) is 23.1 Å². The third-order valence-electron chi connectivity index (χ3n) is 5.01. The predicted octanol–water partition coefficient (Wildman–Crippen LogP) is 4.68. The second-order valence-corrected chi connectivity index (χ2v) is 7.41. The number of ether oxygens (including phenoxy) is 1. The summed E-state index contributed by atoms with van der Waals surface area (Å²) in [7, 11) is 0. The molecule has 2 aromatic carbocycles. The third kappa shape index (κ3) is 4.84. The molecule has 0 aliphatic heterocycles. The van der Waals surface area contributed by atoms with Crippen molar-refractivity contribution in [3.8, 4) is 6.07 Å². The first-order valence-corrected chi connectivity index (χ1v) is 10.1. The normalized spacial score (nSPS) is 11.3. The van der Waals surface area contributed by atoms with Gasteiger partial charge in [0.25, 0.3) is 5.91 Å². The van der Waals surface area contributed by atoms with E-state index in [0.29, 0.717) is 12.3 Å². The summed E-state index contributed by atoms with van der Waals surface area (Å²) in [5.74, 6) is -0.816. The summed E-state index contributed by atoms with van der Waals surface area (Å²) in [5, 5.41) is 13.3. The summed E-state index contributed by atoms with van der Waals surface area (Å²) in [6.45, 7) is 7.89. The molecule has 1 heterocycles. The van der Waals surface area contributed by atoms with Gasteiger partial charge >= 0.3 is 5.97 Å². The highest BCUT2D eigenvalue weighted by Gasteiger charge is 2.18. The first-order chi connectivity index (χ1) is 14.8. The molecule has 0 spiro atoms. The minimum Gasteiger partial charge on any atom is -0.465 e. The molecule has 3 rings (SSSR count). The first-order valence-electron chi connectivity index (χ1n) is 10.1. The van der Waals surface area contributed by atoms with Crippen LogP contribution in [-0.2, 0) is 20.9 Å². The molecular formula is C25H25N3O3. The molecular weight excluding hydrogens is 390 g/mol. The zero-order valence-electron chi connectivity index (χ0n) is 18.2. The van der Waals surface area contributed by atoms with E-state index in [-0.39, 0.29) is 18.1 Å². The quantitative estimate of drug-likeness (QED) is 0.360. The average molecular weight is 415 g/mol. The number of aryl methyl sites for hydroxylation is 2. The fourth-order valence-electron chi connectivity index (χ4n) is 3.72. The number of carbonyl (C=O) groups excluding carboxylic acids is 2. The van der Waals surface area contributed by atoms with Gasteiger partial charge in [0.1, 0.15) is 18.2 Å². The molecule has 0 aliphatic carbocycles. The van der Waals surface area contributed by atoms with Gasteiger partial charge in [0.05, 0.1) is 6.61 Å². The van der Waals surface area contributed by atoms with Crippen molar-refractivity contribution in [1.82, 2.24) is 4.57 Å². The van der Waals surface area contributed by atoms with Crippen molar-refractivity contribution in [1.29, 1.82) is 5.26 Å². The Kier molecular flexibility index (Phi) is 6.56. The maximum absolute atomic E-state index is 12.8. The summed E-state index contributed by atoms with van der Waals surface area (Å²) < 4.78 is 6.94. The maximum Gasteiger partial charge on any atom is 0.325 e. The average Bonchev–Trinajstić information content (AvgIpc) is 2.96. The lowest BCUT2D eigenvalue weighted by atomic mass is 10.1. The van der Waals surface area contributed by atoms with Gasteiger partial charge in [0.2, 0.25) is 0 Å². The molecule has 0 fully saturated rings. The molecule has 6 nitrogen and oxygen atoms in total. The van der Waals surface area contributed by atoms with Crippen LogP contribution in [0.15, 0.2) is 48.0 Å². The molecule has 0 atom stereocenters. The molecule has 0 radical (unpaired) electrons. The van der Waals surface area contributed by atoms with Crippen LogP contribution in [0.1, 0.15) is 29.3 Å². The van der Waals surface area contributed by atoms with Gasteiger partial charge in [-0.2, -0.15) is 5.26 Å². The number of aromatic nitrogens is 1. The van der Waals surface area contributed by atoms with Crippen molar-refractivity contribution < 1.29 is 14.3 Å². The van der Waals surface area contributed by atoms with Gasteiger partial charge in [-0.1, -0.05) is 24.3 Å². The van der Waals surface area contributed by atoms with Crippen LogP contribution in [0, 0.1) is 32.1 Å². The Morgan fingerprint density at radius 3 is 2.45 bits per heavy atom. The van der Waals surface area contributed by atoms with E-state index in [9.17, 15) is 14.9 Å². The number of nitriles is 1. The predicted molar refractivity (Wildman–Crippen MR) is 121 cm³/mol. The fourth-order valence-corrected chi connectivity index (χ4v) is 3.72. The van der Waals surface area contributed by atoms with Crippen molar-refractivity contribution in [2.24, 2.45) is 0 Å². The smallest absolute Gasteiger partial charge is 0.325 e. The number of hydrogen-bond donors (Lipinski definition) is 1. The van der Waals surface area contributed by atoms with E-state index in [2.05, 4.69) is 5.32 Å². The lowest BCUT2D eigenvalue weighted by Crippen LogP contribution is -2.14. The Morgan fingerprint density at radius 1 is 1.13 bits per heavy atom. The molecule has 0 unspecified atom stereocenters. The number of nitrogens with one attached hydrogen (secondary N) is 1. The molecule has 0 saturated carbocycles. The minimum atomic E-state index is -0.478. The van der Waals surface area contributed by atoms with Crippen molar-refractivity contribution in [2.75, 3.05) is 11.9 Å². The number of benzene rings is 2. The Morgan fingerprint density at radius 2 is 1.81 bits per heavy atom. The molecule has 0 aliphatic rings. The molecule has 0 bridgehead atoms. The van der Waals surface area contributed by atoms with Gasteiger partial charge in [0.15, 0.2) is 0 Å². The monoisotopic (exact) mass is 415 g/mol. The minimum absolute atomic E-state index is 0.0127. The molecule has 158 valence electrons. The van der Waals surface area contributed by atoms with E-state index < -0.39 is 5.91 Å². The number of esters is 1. The lowest BCUT2D eigenvalue weighted by Gasteiger charge is -2.08. The summed E-state index contributed by atoms with van der Waals surface area (Å²) >= 11 is 0. The first kappa shape index (κ1) is 21.8. The van der Waals surface area contributed by atoms with Crippen LogP contribution in [0.2, 0.25) is 0 Å². The highest BCUT2D eigenvalue weighted by Crippen LogP contribution is 2.28.